The number of para-hydroxylation sites is 1. The Balaban J connectivity index is 1.70. The molecule has 0 heterocycles. The van der Waals surface area contributed by atoms with E-state index in [-0.39, 0.29) is 37.3 Å². The minimum atomic E-state index is -0.783. The molecule has 0 aromatic heterocycles. The number of nitrogens with zero attached hydrogens (tertiary/aromatic N) is 1. The molecular weight excluding hydrogens is 431 g/mol. The summed E-state index contributed by atoms with van der Waals surface area (Å²) in [5, 5.41) is 3.38. The van der Waals surface area contributed by atoms with Gasteiger partial charge in [0.15, 0.2) is 6.61 Å². The van der Waals surface area contributed by atoms with Crippen LogP contribution in [0.5, 0.6) is 5.75 Å². The number of hydrogen-bond acceptors (Lipinski definition) is 3. The quantitative estimate of drug-likeness (QED) is 0.514. The fraction of sp³-hybridized carbons (Fsp3) is 0.200. The zero-order valence-corrected chi connectivity index (χ0v) is 18.4. The Morgan fingerprint density at radius 1 is 1.00 bits per heavy atom. The van der Waals surface area contributed by atoms with Crippen LogP contribution in [0.3, 0.4) is 0 Å². The predicted octanol–water partition coefficient (Wildman–Crippen LogP) is 4.59. The van der Waals surface area contributed by atoms with Crippen LogP contribution in [0.1, 0.15) is 18.1 Å². The number of halogens is 2. The monoisotopic (exact) mass is 454 g/mol. The number of nitrogens with one attached hydrogen (secondary N) is 1. The van der Waals surface area contributed by atoms with Gasteiger partial charge in [0.1, 0.15) is 17.6 Å². The summed E-state index contributed by atoms with van der Waals surface area (Å²) in [4.78, 5) is 27.2. The van der Waals surface area contributed by atoms with Gasteiger partial charge in [-0.3, -0.25) is 9.59 Å². The molecule has 3 aromatic carbocycles. The Hall–Kier alpha value is -3.38. The molecule has 0 saturated carbocycles. The molecule has 7 heteroatoms. The van der Waals surface area contributed by atoms with Gasteiger partial charge in [-0.05, 0) is 48.4 Å². The Morgan fingerprint density at radius 3 is 2.34 bits per heavy atom. The van der Waals surface area contributed by atoms with Gasteiger partial charge >= 0.3 is 0 Å². The van der Waals surface area contributed by atoms with Crippen molar-refractivity contribution >= 4 is 23.4 Å². The summed E-state index contributed by atoms with van der Waals surface area (Å²) in [6.07, 6.45) is 0. The summed E-state index contributed by atoms with van der Waals surface area (Å²) in [6, 6.07) is 21.2. The van der Waals surface area contributed by atoms with E-state index in [1.807, 2.05) is 24.3 Å². The third-order valence-corrected chi connectivity index (χ3v) is 5.32. The van der Waals surface area contributed by atoms with Gasteiger partial charge in [0.2, 0.25) is 5.91 Å². The normalized spacial score (nSPS) is 11.5. The van der Waals surface area contributed by atoms with Crippen molar-refractivity contribution in [2.45, 2.75) is 26.1 Å². The fourth-order valence-electron chi connectivity index (χ4n) is 3.09. The number of amides is 2. The van der Waals surface area contributed by atoms with E-state index in [2.05, 4.69) is 5.32 Å². The third kappa shape index (κ3) is 6.56. The molecule has 2 amide bonds. The van der Waals surface area contributed by atoms with Crippen molar-refractivity contribution < 1.29 is 18.7 Å². The molecule has 0 fully saturated rings. The fourth-order valence-corrected chi connectivity index (χ4v) is 3.29. The molecule has 3 aromatic rings. The SMILES string of the molecule is CC(C(=O)NCc1ccccc1Cl)N(Cc1ccc(F)cc1)C(=O)COc1ccccc1. The van der Waals surface area contributed by atoms with E-state index < -0.39 is 6.04 Å². The van der Waals surface area contributed by atoms with Crippen molar-refractivity contribution in [1.82, 2.24) is 10.2 Å². The average Bonchev–Trinajstić information content (AvgIpc) is 2.81. The Morgan fingerprint density at radius 2 is 1.66 bits per heavy atom. The van der Waals surface area contributed by atoms with Crippen molar-refractivity contribution in [3.63, 3.8) is 0 Å². The summed E-state index contributed by atoms with van der Waals surface area (Å²) in [6.45, 7) is 1.79. The molecule has 0 aliphatic rings. The maximum atomic E-state index is 13.3. The molecule has 0 saturated heterocycles. The molecule has 166 valence electrons. The molecule has 0 radical (unpaired) electrons. The molecule has 1 unspecified atom stereocenters. The highest BCUT2D eigenvalue weighted by Crippen LogP contribution is 2.16. The number of hydrogen-bond donors (Lipinski definition) is 1. The lowest BCUT2D eigenvalue weighted by Gasteiger charge is -2.28. The number of benzene rings is 3. The first-order valence-corrected chi connectivity index (χ1v) is 10.5. The minimum Gasteiger partial charge on any atom is -0.484 e. The summed E-state index contributed by atoms with van der Waals surface area (Å²) in [5.41, 5.74) is 1.48. The van der Waals surface area contributed by atoms with Gasteiger partial charge in [-0.15, -0.1) is 0 Å². The largest absolute Gasteiger partial charge is 0.484 e. The van der Waals surface area contributed by atoms with Gasteiger partial charge in [-0.25, -0.2) is 4.39 Å². The first-order valence-electron chi connectivity index (χ1n) is 10.2. The zero-order valence-electron chi connectivity index (χ0n) is 17.6. The average molecular weight is 455 g/mol. The minimum absolute atomic E-state index is 0.137. The highest BCUT2D eigenvalue weighted by Gasteiger charge is 2.26. The highest BCUT2D eigenvalue weighted by atomic mass is 35.5. The maximum Gasteiger partial charge on any atom is 0.261 e. The van der Waals surface area contributed by atoms with Crippen molar-refractivity contribution in [2.75, 3.05) is 6.61 Å². The van der Waals surface area contributed by atoms with E-state index in [4.69, 9.17) is 16.3 Å². The van der Waals surface area contributed by atoms with Crippen molar-refractivity contribution in [3.05, 3.63) is 101 Å². The lowest BCUT2D eigenvalue weighted by molar-refractivity contribution is -0.142. The van der Waals surface area contributed by atoms with E-state index in [1.54, 1.807) is 49.4 Å². The van der Waals surface area contributed by atoms with Gasteiger partial charge in [0.25, 0.3) is 5.91 Å². The van der Waals surface area contributed by atoms with Crippen molar-refractivity contribution in [3.8, 4) is 5.75 Å². The van der Waals surface area contributed by atoms with E-state index >= 15 is 0 Å². The molecule has 0 bridgehead atoms. The molecule has 0 aliphatic carbocycles. The Kier molecular flexibility index (Phi) is 8.22. The summed E-state index contributed by atoms with van der Waals surface area (Å²) >= 11 is 6.16. The molecule has 32 heavy (non-hydrogen) atoms. The van der Waals surface area contributed by atoms with Gasteiger partial charge < -0.3 is 15.0 Å². The zero-order chi connectivity index (χ0) is 22.9. The number of carbonyl (C=O) groups is 2. The molecule has 1 N–H and O–H groups in total. The van der Waals surface area contributed by atoms with Crippen LogP contribution in [0.15, 0.2) is 78.9 Å². The van der Waals surface area contributed by atoms with Crippen LogP contribution in [0.4, 0.5) is 4.39 Å². The van der Waals surface area contributed by atoms with Crippen LogP contribution in [-0.2, 0) is 22.7 Å². The summed E-state index contributed by atoms with van der Waals surface area (Å²) < 4.78 is 18.9. The second kappa shape index (κ2) is 11.3. The highest BCUT2D eigenvalue weighted by molar-refractivity contribution is 6.31. The molecule has 1 atom stereocenters. The smallest absolute Gasteiger partial charge is 0.261 e. The number of carbonyl (C=O) groups excluding carboxylic acids is 2. The lowest BCUT2D eigenvalue weighted by atomic mass is 10.1. The van der Waals surface area contributed by atoms with E-state index in [1.165, 1.54) is 17.0 Å². The molecule has 5 nitrogen and oxygen atoms in total. The van der Waals surface area contributed by atoms with E-state index in [0.717, 1.165) is 5.56 Å². The predicted molar refractivity (Wildman–Crippen MR) is 122 cm³/mol. The van der Waals surface area contributed by atoms with Gasteiger partial charge in [-0.1, -0.05) is 60.1 Å². The number of rotatable bonds is 9. The van der Waals surface area contributed by atoms with Crippen molar-refractivity contribution in [2.24, 2.45) is 0 Å². The Bertz CT molecular complexity index is 1040. The first-order chi connectivity index (χ1) is 15.4. The van der Waals surface area contributed by atoms with Crippen molar-refractivity contribution in [1.29, 1.82) is 0 Å². The van der Waals surface area contributed by atoms with Crippen LogP contribution in [0, 0.1) is 5.82 Å². The summed E-state index contributed by atoms with van der Waals surface area (Å²) in [7, 11) is 0. The van der Waals surface area contributed by atoms with Crippen LogP contribution < -0.4 is 10.1 Å². The lowest BCUT2D eigenvalue weighted by Crippen LogP contribution is -2.48. The second-order valence-electron chi connectivity index (χ2n) is 7.24. The topological polar surface area (TPSA) is 58.6 Å². The second-order valence-corrected chi connectivity index (χ2v) is 7.64. The standard InChI is InChI=1S/C25H24ClFN2O3/c1-18(25(31)28-15-20-7-5-6-10-23(20)26)29(16-19-11-13-21(27)14-12-19)24(30)17-32-22-8-3-2-4-9-22/h2-14,18H,15-17H2,1H3,(H,28,31). The molecular formula is C25H24ClFN2O3. The van der Waals surface area contributed by atoms with Crippen LogP contribution in [-0.4, -0.2) is 29.4 Å². The summed E-state index contributed by atoms with van der Waals surface area (Å²) in [5.74, 6) is -0.512. The van der Waals surface area contributed by atoms with E-state index in [0.29, 0.717) is 16.3 Å². The Labute approximate surface area is 191 Å². The first kappa shape index (κ1) is 23.3. The van der Waals surface area contributed by atoms with Gasteiger partial charge in [0.05, 0.1) is 0 Å². The van der Waals surface area contributed by atoms with Gasteiger partial charge in [0, 0.05) is 18.1 Å². The molecule has 0 aliphatic heterocycles. The van der Waals surface area contributed by atoms with Crippen LogP contribution in [0.25, 0.3) is 0 Å². The van der Waals surface area contributed by atoms with Crippen LogP contribution >= 0.6 is 11.6 Å². The van der Waals surface area contributed by atoms with Gasteiger partial charge in [-0.2, -0.15) is 0 Å². The maximum absolute atomic E-state index is 13.3. The third-order valence-electron chi connectivity index (χ3n) is 4.95. The molecule has 3 rings (SSSR count). The number of ether oxygens (including phenoxy) is 1. The molecule has 0 spiro atoms. The van der Waals surface area contributed by atoms with E-state index in [9.17, 15) is 14.0 Å². The van der Waals surface area contributed by atoms with Crippen LogP contribution in [0.2, 0.25) is 5.02 Å².